The highest BCUT2D eigenvalue weighted by Crippen LogP contribution is 2.26. The Morgan fingerprint density at radius 3 is 2.52 bits per heavy atom. The number of Topliss-reactive ketones (excluding diaryl/α,β-unsaturated/α-hetero) is 1. The van der Waals surface area contributed by atoms with Crippen LogP contribution < -0.4 is 14.8 Å². The molecule has 2 aromatic carbocycles. The van der Waals surface area contributed by atoms with Crippen molar-refractivity contribution < 1.29 is 23.9 Å². The first-order valence-electron chi connectivity index (χ1n) is 9.43. The molecular formula is C22H24N2O5. The molecule has 0 aromatic heterocycles. The van der Waals surface area contributed by atoms with Gasteiger partial charge in [-0.15, -0.1) is 0 Å². The molecule has 0 radical (unpaired) electrons. The summed E-state index contributed by atoms with van der Waals surface area (Å²) in [6.45, 7) is 0.683. The van der Waals surface area contributed by atoms with Crippen molar-refractivity contribution in [1.82, 2.24) is 10.2 Å². The quantitative estimate of drug-likeness (QED) is 0.571. The Morgan fingerprint density at radius 1 is 1.07 bits per heavy atom. The van der Waals surface area contributed by atoms with Crippen LogP contribution in [0.2, 0.25) is 0 Å². The Labute approximate surface area is 169 Å². The number of nitrogens with zero attached hydrogens (tertiary/aromatic N) is 1. The molecule has 1 aliphatic heterocycles. The van der Waals surface area contributed by atoms with Crippen molar-refractivity contribution in [3.63, 3.8) is 0 Å². The fourth-order valence-corrected chi connectivity index (χ4v) is 3.47. The first-order chi connectivity index (χ1) is 14.0. The van der Waals surface area contributed by atoms with Crippen molar-refractivity contribution >= 4 is 17.6 Å². The zero-order chi connectivity index (χ0) is 20.8. The number of ketones is 1. The number of rotatable bonds is 7. The summed E-state index contributed by atoms with van der Waals surface area (Å²) in [6.07, 6.45) is 1.38. The molecule has 1 N–H and O–H groups in total. The SMILES string of the molecule is COc1ccc(C(=O)CN2CCC[C@@H]2C(=O)NC(=O)c2ccccc2)c(OC)c1. The average molecular weight is 396 g/mol. The van der Waals surface area contributed by atoms with E-state index in [0.717, 1.165) is 6.42 Å². The third-order valence-electron chi connectivity index (χ3n) is 4.99. The van der Waals surface area contributed by atoms with Crippen LogP contribution in [0, 0.1) is 0 Å². The van der Waals surface area contributed by atoms with E-state index in [4.69, 9.17) is 9.47 Å². The summed E-state index contributed by atoms with van der Waals surface area (Å²) in [7, 11) is 3.04. The zero-order valence-corrected chi connectivity index (χ0v) is 16.5. The minimum atomic E-state index is -0.518. The number of amides is 2. The number of ether oxygens (including phenoxy) is 2. The standard InChI is InChI=1S/C22H24N2O5/c1-28-16-10-11-17(20(13-16)29-2)19(25)14-24-12-6-9-18(24)22(27)23-21(26)15-7-4-3-5-8-15/h3-5,7-8,10-11,13,18H,6,9,12,14H2,1-2H3,(H,23,26,27)/t18-/m1/s1. The molecule has 0 spiro atoms. The number of benzene rings is 2. The lowest BCUT2D eigenvalue weighted by atomic mass is 10.1. The molecule has 7 nitrogen and oxygen atoms in total. The van der Waals surface area contributed by atoms with Gasteiger partial charge in [-0.3, -0.25) is 24.6 Å². The molecule has 7 heteroatoms. The summed E-state index contributed by atoms with van der Waals surface area (Å²) >= 11 is 0. The fourth-order valence-electron chi connectivity index (χ4n) is 3.47. The molecule has 2 amide bonds. The van der Waals surface area contributed by atoms with Crippen molar-refractivity contribution in [1.29, 1.82) is 0 Å². The highest BCUT2D eigenvalue weighted by atomic mass is 16.5. The number of carbonyl (C=O) groups is 3. The van der Waals surface area contributed by atoms with Gasteiger partial charge in [-0.25, -0.2) is 0 Å². The van der Waals surface area contributed by atoms with Gasteiger partial charge in [0.1, 0.15) is 11.5 Å². The van der Waals surface area contributed by atoms with E-state index < -0.39 is 11.9 Å². The van der Waals surface area contributed by atoms with Crippen LogP contribution in [0.1, 0.15) is 33.6 Å². The van der Waals surface area contributed by atoms with E-state index in [-0.39, 0.29) is 18.2 Å². The first kappa shape index (κ1) is 20.5. The van der Waals surface area contributed by atoms with Crippen LogP contribution in [0.15, 0.2) is 48.5 Å². The van der Waals surface area contributed by atoms with Gasteiger partial charge in [0.25, 0.3) is 5.91 Å². The molecule has 0 saturated carbocycles. The van der Waals surface area contributed by atoms with Crippen LogP contribution >= 0.6 is 0 Å². The summed E-state index contributed by atoms with van der Waals surface area (Å²) in [4.78, 5) is 39.5. The van der Waals surface area contributed by atoms with Gasteiger partial charge in [0.15, 0.2) is 5.78 Å². The van der Waals surface area contributed by atoms with Crippen LogP contribution in [0.3, 0.4) is 0 Å². The largest absolute Gasteiger partial charge is 0.497 e. The van der Waals surface area contributed by atoms with Crippen molar-refractivity contribution in [2.45, 2.75) is 18.9 Å². The average Bonchev–Trinajstić information content (AvgIpc) is 3.21. The predicted molar refractivity (Wildman–Crippen MR) is 107 cm³/mol. The van der Waals surface area contributed by atoms with Crippen LogP contribution in [0.5, 0.6) is 11.5 Å². The molecule has 1 fully saturated rings. The molecule has 1 aliphatic rings. The monoisotopic (exact) mass is 396 g/mol. The van der Waals surface area contributed by atoms with E-state index >= 15 is 0 Å². The molecule has 152 valence electrons. The molecule has 0 aliphatic carbocycles. The zero-order valence-electron chi connectivity index (χ0n) is 16.5. The number of carbonyl (C=O) groups excluding carboxylic acids is 3. The molecule has 1 atom stereocenters. The van der Waals surface area contributed by atoms with Crippen LogP contribution in [-0.2, 0) is 4.79 Å². The number of imide groups is 1. The smallest absolute Gasteiger partial charge is 0.257 e. The summed E-state index contributed by atoms with van der Waals surface area (Å²) in [5.74, 6) is 0.0418. The lowest BCUT2D eigenvalue weighted by molar-refractivity contribution is -0.124. The lowest BCUT2D eigenvalue weighted by Gasteiger charge is -2.23. The maximum absolute atomic E-state index is 12.8. The molecule has 0 unspecified atom stereocenters. The van der Waals surface area contributed by atoms with Gasteiger partial charge in [0.2, 0.25) is 5.91 Å². The van der Waals surface area contributed by atoms with Crippen LogP contribution in [0.25, 0.3) is 0 Å². The molecule has 0 bridgehead atoms. The molecule has 1 saturated heterocycles. The Morgan fingerprint density at radius 2 is 1.83 bits per heavy atom. The highest BCUT2D eigenvalue weighted by Gasteiger charge is 2.33. The van der Waals surface area contributed by atoms with Crippen LogP contribution in [-0.4, -0.2) is 55.8 Å². The number of likely N-dealkylation sites (tertiary alicyclic amines) is 1. The van der Waals surface area contributed by atoms with Gasteiger partial charge in [-0.1, -0.05) is 18.2 Å². The third-order valence-corrected chi connectivity index (χ3v) is 4.99. The summed E-state index contributed by atoms with van der Waals surface area (Å²) in [5, 5.41) is 2.45. The van der Waals surface area contributed by atoms with E-state index in [9.17, 15) is 14.4 Å². The first-order valence-corrected chi connectivity index (χ1v) is 9.43. The van der Waals surface area contributed by atoms with Gasteiger partial charge >= 0.3 is 0 Å². The predicted octanol–water partition coefficient (Wildman–Crippen LogP) is 2.31. The minimum absolute atomic E-state index is 0.0697. The maximum Gasteiger partial charge on any atom is 0.257 e. The second-order valence-corrected chi connectivity index (χ2v) is 6.80. The molecule has 2 aromatic rings. The Bertz CT molecular complexity index is 897. The Hall–Kier alpha value is -3.19. The molecule has 3 rings (SSSR count). The van der Waals surface area contributed by atoms with Gasteiger partial charge in [-0.05, 0) is 43.7 Å². The van der Waals surface area contributed by atoms with E-state index in [2.05, 4.69) is 5.32 Å². The molecule has 29 heavy (non-hydrogen) atoms. The maximum atomic E-state index is 12.8. The lowest BCUT2D eigenvalue weighted by Crippen LogP contribution is -2.46. The Balaban J connectivity index is 1.67. The van der Waals surface area contributed by atoms with Gasteiger partial charge in [0.05, 0.1) is 32.4 Å². The molecule has 1 heterocycles. The number of methoxy groups -OCH3 is 2. The van der Waals surface area contributed by atoms with Gasteiger partial charge in [-0.2, -0.15) is 0 Å². The third kappa shape index (κ3) is 4.81. The second kappa shape index (κ2) is 9.34. The minimum Gasteiger partial charge on any atom is -0.497 e. The number of hydrogen-bond acceptors (Lipinski definition) is 6. The normalized spacial score (nSPS) is 16.3. The van der Waals surface area contributed by atoms with Crippen molar-refractivity contribution in [3.8, 4) is 11.5 Å². The van der Waals surface area contributed by atoms with E-state index in [0.29, 0.717) is 35.6 Å². The highest BCUT2D eigenvalue weighted by molar-refractivity contribution is 6.06. The van der Waals surface area contributed by atoms with Gasteiger partial charge in [0, 0.05) is 11.6 Å². The van der Waals surface area contributed by atoms with Gasteiger partial charge < -0.3 is 9.47 Å². The Kier molecular flexibility index (Phi) is 6.61. The molecular weight excluding hydrogens is 372 g/mol. The fraction of sp³-hybridized carbons (Fsp3) is 0.318. The second-order valence-electron chi connectivity index (χ2n) is 6.80. The van der Waals surface area contributed by atoms with Crippen molar-refractivity contribution in [2.24, 2.45) is 0 Å². The number of nitrogens with one attached hydrogen (secondary N) is 1. The summed E-state index contributed by atoms with van der Waals surface area (Å²) in [5.41, 5.74) is 0.851. The van der Waals surface area contributed by atoms with Crippen molar-refractivity contribution in [2.75, 3.05) is 27.3 Å². The van der Waals surface area contributed by atoms with Crippen LogP contribution in [0.4, 0.5) is 0 Å². The summed E-state index contributed by atoms with van der Waals surface area (Å²) < 4.78 is 10.5. The summed E-state index contributed by atoms with van der Waals surface area (Å²) in [6, 6.07) is 13.1. The van der Waals surface area contributed by atoms with E-state index in [1.54, 1.807) is 60.5 Å². The topological polar surface area (TPSA) is 84.9 Å². The van der Waals surface area contributed by atoms with E-state index in [1.807, 2.05) is 0 Å². The van der Waals surface area contributed by atoms with E-state index in [1.165, 1.54) is 7.11 Å². The van der Waals surface area contributed by atoms with Crippen molar-refractivity contribution in [3.05, 3.63) is 59.7 Å². The number of hydrogen-bond donors (Lipinski definition) is 1.